The van der Waals surface area contributed by atoms with E-state index in [4.69, 9.17) is 5.11 Å². The van der Waals surface area contributed by atoms with Crippen molar-refractivity contribution in [3.8, 4) is 0 Å². The topological polar surface area (TPSA) is 63.6 Å². The summed E-state index contributed by atoms with van der Waals surface area (Å²) >= 11 is 0. The minimum Gasteiger partial charge on any atom is -0.462 e. The van der Waals surface area contributed by atoms with Gasteiger partial charge in [-0.15, -0.1) is 0 Å². The average molecular weight is 198 g/mol. The van der Waals surface area contributed by atoms with Gasteiger partial charge in [0.2, 0.25) is 0 Å². The van der Waals surface area contributed by atoms with E-state index < -0.39 is 12.1 Å². The molecule has 0 aliphatic carbocycles. The van der Waals surface area contributed by atoms with Crippen LogP contribution in [0.15, 0.2) is 24.8 Å². The normalized spacial score (nSPS) is 12.4. The molecule has 0 aromatic rings. The molecule has 4 heteroatoms. The van der Waals surface area contributed by atoms with E-state index in [1.807, 2.05) is 0 Å². The fraction of sp³-hybridized carbons (Fsp3) is 0.400. The monoisotopic (exact) mass is 198 g/mol. The van der Waals surface area contributed by atoms with E-state index in [0.29, 0.717) is 0 Å². The Kier molecular flexibility index (Phi) is 6.32. The molecule has 0 spiro atoms. The van der Waals surface area contributed by atoms with Gasteiger partial charge >= 0.3 is 5.97 Å². The van der Waals surface area contributed by atoms with Gasteiger partial charge in [-0.05, 0) is 6.92 Å². The van der Waals surface area contributed by atoms with E-state index in [0.717, 1.165) is 6.08 Å². The number of esters is 1. The van der Waals surface area contributed by atoms with Crippen LogP contribution in [-0.2, 0) is 14.3 Å². The highest BCUT2D eigenvalue weighted by Gasteiger charge is 2.11. The molecule has 1 atom stereocenters. The Labute approximate surface area is 82.9 Å². The van der Waals surface area contributed by atoms with Gasteiger partial charge in [-0.25, -0.2) is 4.79 Å². The van der Waals surface area contributed by atoms with Gasteiger partial charge < -0.3 is 9.84 Å². The maximum atomic E-state index is 11.1. The first kappa shape index (κ1) is 12.6. The number of allylic oxidation sites excluding steroid dienone is 1. The number of hydrogen-bond acceptors (Lipinski definition) is 4. The molecule has 0 saturated carbocycles. The molecule has 0 bridgehead atoms. The summed E-state index contributed by atoms with van der Waals surface area (Å²) in [5.41, 5.74) is 0. The summed E-state index contributed by atoms with van der Waals surface area (Å²) in [5, 5.41) is 9.14. The highest BCUT2D eigenvalue weighted by molar-refractivity contribution is 5.85. The zero-order valence-corrected chi connectivity index (χ0v) is 8.10. The Morgan fingerprint density at radius 1 is 1.57 bits per heavy atom. The lowest BCUT2D eigenvalue weighted by Crippen LogP contribution is -2.19. The molecule has 14 heavy (non-hydrogen) atoms. The molecule has 1 N–H and O–H groups in total. The molecule has 0 rings (SSSR count). The predicted molar refractivity (Wildman–Crippen MR) is 51.6 cm³/mol. The first-order chi connectivity index (χ1) is 6.61. The van der Waals surface area contributed by atoms with Crippen LogP contribution in [0.3, 0.4) is 0 Å². The lowest BCUT2D eigenvalue weighted by atomic mass is 10.2. The lowest BCUT2D eigenvalue weighted by molar-refractivity contribution is -0.139. The standard InChI is InChI=1S/C10H14O4/c1-3-5-8(11)9(12)6-7-14-10(13)4-2/h3-5,8,11H,2,6-7H2,1H3. The van der Waals surface area contributed by atoms with Crippen LogP contribution >= 0.6 is 0 Å². The van der Waals surface area contributed by atoms with Gasteiger partial charge in [0.1, 0.15) is 6.10 Å². The molecular weight excluding hydrogens is 184 g/mol. The number of carbonyl (C=O) groups is 2. The van der Waals surface area contributed by atoms with E-state index in [9.17, 15) is 9.59 Å². The van der Waals surface area contributed by atoms with E-state index >= 15 is 0 Å². The van der Waals surface area contributed by atoms with Crippen LogP contribution in [-0.4, -0.2) is 29.6 Å². The number of ether oxygens (including phenoxy) is 1. The number of aliphatic hydroxyl groups excluding tert-OH is 1. The molecular formula is C10H14O4. The smallest absolute Gasteiger partial charge is 0.330 e. The van der Waals surface area contributed by atoms with Gasteiger partial charge in [0.05, 0.1) is 6.61 Å². The molecule has 0 aliphatic heterocycles. The third kappa shape index (κ3) is 5.27. The van der Waals surface area contributed by atoms with Gasteiger partial charge in [0.15, 0.2) is 5.78 Å². The maximum Gasteiger partial charge on any atom is 0.330 e. The number of rotatable bonds is 6. The molecule has 0 aliphatic rings. The van der Waals surface area contributed by atoms with Crippen molar-refractivity contribution in [1.82, 2.24) is 0 Å². The van der Waals surface area contributed by atoms with Crippen LogP contribution in [0.1, 0.15) is 13.3 Å². The van der Waals surface area contributed by atoms with Crippen LogP contribution in [0.25, 0.3) is 0 Å². The summed E-state index contributed by atoms with van der Waals surface area (Å²) in [6.07, 6.45) is 2.87. The van der Waals surface area contributed by atoms with Gasteiger partial charge in [0.25, 0.3) is 0 Å². The number of hydrogen-bond donors (Lipinski definition) is 1. The second-order valence-electron chi connectivity index (χ2n) is 2.56. The summed E-state index contributed by atoms with van der Waals surface area (Å²) in [4.78, 5) is 21.6. The first-order valence-electron chi connectivity index (χ1n) is 4.24. The predicted octanol–water partition coefficient (Wildman–Crippen LogP) is 0.612. The summed E-state index contributed by atoms with van der Waals surface area (Å²) < 4.78 is 4.58. The van der Waals surface area contributed by atoms with Crippen molar-refractivity contribution in [1.29, 1.82) is 0 Å². The zero-order chi connectivity index (χ0) is 11.0. The van der Waals surface area contributed by atoms with E-state index in [1.165, 1.54) is 6.08 Å². The van der Waals surface area contributed by atoms with Crippen molar-refractivity contribution in [3.63, 3.8) is 0 Å². The molecule has 0 fully saturated rings. The Balaban J connectivity index is 3.74. The van der Waals surface area contributed by atoms with E-state index in [-0.39, 0.29) is 18.8 Å². The summed E-state index contributed by atoms with van der Waals surface area (Å²) in [5.74, 6) is -0.946. The van der Waals surface area contributed by atoms with Crippen molar-refractivity contribution in [3.05, 3.63) is 24.8 Å². The fourth-order valence-electron chi connectivity index (χ4n) is 0.749. The minimum atomic E-state index is -1.11. The number of aliphatic hydroxyl groups is 1. The second kappa shape index (κ2) is 7.03. The molecule has 0 radical (unpaired) electrons. The third-order valence-electron chi connectivity index (χ3n) is 1.46. The Hall–Kier alpha value is -1.42. The molecule has 4 nitrogen and oxygen atoms in total. The summed E-state index contributed by atoms with van der Waals surface area (Å²) in [7, 11) is 0. The second-order valence-corrected chi connectivity index (χ2v) is 2.56. The number of carbonyl (C=O) groups excluding carboxylic acids is 2. The summed E-state index contributed by atoms with van der Waals surface area (Å²) in [6.45, 7) is 4.88. The van der Waals surface area contributed by atoms with Gasteiger partial charge in [-0.3, -0.25) is 4.79 Å². The van der Waals surface area contributed by atoms with Crippen LogP contribution in [0.2, 0.25) is 0 Å². The van der Waals surface area contributed by atoms with Crippen molar-refractivity contribution >= 4 is 11.8 Å². The minimum absolute atomic E-state index is 0.00505. The summed E-state index contributed by atoms with van der Waals surface area (Å²) in [6, 6.07) is 0. The van der Waals surface area contributed by atoms with Gasteiger partial charge in [-0.1, -0.05) is 18.7 Å². The maximum absolute atomic E-state index is 11.1. The molecule has 0 aromatic heterocycles. The van der Waals surface area contributed by atoms with Crippen molar-refractivity contribution in [2.45, 2.75) is 19.4 Å². The first-order valence-corrected chi connectivity index (χ1v) is 4.24. The van der Waals surface area contributed by atoms with E-state index in [2.05, 4.69) is 11.3 Å². The Bertz CT molecular complexity index is 243. The number of ketones is 1. The van der Waals surface area contributed by atoms with Crippen LogP contribution in [0.4, 0.5) is 0 Å². The SMILES string of the molecule is C=CC(=O)OCCC(=O)C(O)C=CC. The van der Waals surface area contributed by atoms with Gasteiger partial charge in [-0.2, -0.15) is 0 Å². The van der Waals surface area contributed by atoms with Crippen LogP contribution in [0, 0.1) is 0 Å². The lowest BCUT2D eigenvalue weighted by Gasteiger charge is -2.04. The third-order valence-corrected chi connectivity index (χ3v) is 1.46. The Morgan fingerprint density at radius 3 is 2.71 bits per heavy atom. The fourth-order valence-corrected chi connectivity index (χ4v) is 0.749. The largest absolute Gasteiger partial charge is 0.462 e. The highest BCUT2D eigenvalue weighted by Crippen LogP contribution is 1.95. The van der Waals surface area contributed by atoms with Crippen molar-refractivity contribution < 1.29 is 19.4 Å². The molecule has 0 saturated heterocycles. The van der Waals surface area contributed by atoms with Crippen molar-refractivity contribution in [2.75, 3.05) is 6.61 Å². The zero-order valence-electron chi connectivity index (χ0n) is 8.10. The molecule has 0 aromatic carbocycles. The molecule has 0 heterocycles. The Morgan fingerprint density at radius 2 is 2.21 bits per heavy atom. The van der Waals surface area contributed by atoms with E-state index in [1.54, 1.807) is 13.0 Å². The van der Waals surface area contributed by atoms with Gasteiger partial charge in [0, 0.05) is 12.5 Å². The molecule has 0 amide bonds. The van der Waals surface area contributed by atoms with Crippen LogP contribution < -0.4 is 0 Å². The average Bonchev–Trinajstić information content (AvgIpc) is 2.17. The quantitative estimate of drug-likeness (QED) is 0.386. The van der Waals surface area contributed by atoms with Crippen molar-refractivity contribution in [2.24, 2.45) is 0 Å². The highest BCUT2D eigenvalue weighted by atomic mass is 16.5. The number of Topliss-reactive ketones (excluding diaryl/α,β-unsaturated/α-hetero) is 1. The molecule has 78 valence electrons. The molecule has 1 unspecified atom stereocenters. The van der Waals surface area contributed by atoms with Crippen LogP contribution in [0.5, 0.6) is 0 Å².